The van der Waals surface area contributed by atoms with Crippen molar-refractivity contribution in [3.05, 3.63) is 65.7 Å². The van der Waals surface area contributed by atoms with Crippen LogP contribution in [0.5, 0.6) is 0 Å². The molecule has 2 aromatic carbocycles. The molecule has 1 aliphatic heterocycles. The molecule has 162 valence electrons. The fraction of sp³-hybridized carbons (Fsp3) is 0.286. The van der Waals surface area contributed by atoms with Gasteiger partial charge >= 0.3 is 6.18 Å². The van der Waals surface area contributed by atoms with E-state index in [4.69, 9.17) is 0 Å². The highest BCUT2D eigenvalue weighted by molar-refractivity contribution is 6.03. The number of piperidine rings is 1. The largest absolute Gasteiger partial charge is 0.435 e. The summed E-state index contributed by atoms with van der Waals surface area (Å²) in [4.78, 5) is 14.8. The Balaban J connectivity index is 1.58. The Morgan fingerprint density at radius 1 is 0.968 bits per heavy atom. The molecule has 4 rings (SSSR count). The van der Waals surface area contributed by atoms with Crippen molar-refractivity contribution < 1.29 is 22.4 Å². The van der Waals surface area contributed by atoms with E-state index in [2.05, 4.69) is 20.5 Å². The summed E-state index contributed by atoms with van der Waals surface area (Å²) in [6, 6.07) is 11.4. The number of rotatable bonds is 4. The molecule has 3 aromatic rings. The predicted octanol–water partition coefficient (Wildman–Crippen LogP) is 4.67. The lowest BCUT2D eigenvalue weighted by molar-refractivity contribution is -0.143. The number of halogens is 4. The van der Waals surface area contributed by atoms with Gasteiger partial charge in [-0.1, -0.05) is 11.3 Å². The lowest BCUT2D eigenvalue weighted by Gasteiger charge is -2.28. The van der Waals surface area contributed by atoms with Gasteiger partial charge in [0, 0.05) is 24.5 Å². The van der Waals surface area contributed by atoms with Crippen molar-refractivity contribution in [2.45, 2.75) is 25.4 Å². The Hall–Kier alpha value is -3.43. The predicted molar refractivity (Wildman–Crippen MR) is 107 cm³/mol. The van der Waals surface area contributed by atoms with E-state index in [1.165, 1.54) is 18.6 Å². The number of nitrogens with one attached hydrogen (secondary N) is 1. The highest BCUT2D eigenvalue weighted by Gasteiger charge is 2.42. The fourth-order valence-corrected chi connectivity index (χ4v) is 3.58. The number of hydrogen-bond acceptors (Lipinski definition) is 4. The molecule has 31 heavy (non-hydrogen) atoms. The lowest BCUT2D eigenvalue weighted by Crippen LogP contribution is -2.29. The number of alkyl halides is 3. The van der Waals surface area contributed by atoms with E-state index < -0.39 is 29.3 Å². The van der Waals surface area contributed by atoms with Crippen molar-refractivity contribution >= 4 is 17.3 Å². The van der Waals surface area contributed by atoms with Gasteiger partial charge in [0.15, 0.2) is 11.4 Å². The van der Waals surface area contributed by atoms with Crippen molar-refractivity contribution in [1.29, 1.82) is 0 Å². The van der Waals surface area contributed by atoms with Crippen LogP contribution in [0.3, 0.4) is 0 Å². The first-order valence-corrected chi connectivity index (χ1v) is 9.78. The Morgan fingerprint density at radius 3 is 2.32 bits per heavy atom. The number of anilines is 2. The molecule has 10 heteroatoms. The molecule has 0 spiro atoms. The molecule has 0 bridgehead atoms. The summed E-state index contributed by atoms with van der Waals surface area (Å²) >= 11 is 0. The molecule has 0 aliphatic carbocycles. The maximum absolute atomic E-state index is 13.7. The smallest absolute Gasteiger partial charge is 0.372 e. The van der Waals surface area contributed by atoms with Gasteiger partial charge in [-0.05, 0) is 61.7 Å². The van der Waals surface area contributed by atoms with Gasteiger partial charge in [0.05, 0.1) is 5.69 Å². The zero-order chi connectivity index (χ0) is 22.0. The first-order chi connectivity index (χ1) is 14.8. The number of nitrogens with zero attached hydrogens (tertiary/aromatic N) is 4. The van der Waals surface area contributed by atoms with E-state index in [0.717, 1.165) is 43.8 Å². The quantitative estimate of drug-likeness (QED) is 0.608. The van der Waals surface area contributed by atoms with Gasteiger partial charge in [0.1, 0.15) is 5.82 Å². The van der Waals surface area contributed by atoms with Crippen LogP contribution in [0.4, 0.5) is 28.9 Å². The molecule has 1 saturated heterocycles. The van der Waals surface area contributed by atoms with Gasteiger partial charge in [0.25, 0.3) is 5.91 Å². The Labute approximate surface area is 175 Å². The van der Waals surface area contributed by atoms with E-state index >= 15 is 0 Å². The maximum Gasteiger partial charge on any atom is 0.435 e. The zero-order valence-corrected chi connectivity index (χ0v) is 16.4. The van der Waals surface area contributed by atoms with Gasteiger partial charge < -0.3 is 10.2 Å². The molecule has 1 N–H and O–H groups in total. The van der Waals surface area contributed by atoms with Crippen LogP contribution >= 0.6 is 0 Å². The van der Waals surface area contributed by atoms with E-state index in [1.807, 2.05) is 12.1 Å². The van der Waals surface area contributed by atoms with E-state index in [-0.39, 0.29) is 5.69 Å². The summed E-state index contributed by atoms with van der Waals surface area (Å²) in [5.74, 6) is -1.79. The minimum atomic E-state index is -4.93. The standard InChI is InChI=1S/C21H19F4N5O/c22-14-5-4-6-17(13-14)30-19(21(23,24)25)18(27-28-30)20(31)26-15-7-9-16(10-8-15)29-11-2-1-3-12-29/h4-10,13H,1-3,11-12H2,(H,26,31). The van der Waals surface area contributed by atoms with E-state index in [0.29, 0.717) is 10.4 Å². The van der Waals surface area contributed by atoms with Crippen LogP contribution in [0.25, 0.3) is 5.69 Å². The Morgan fingerprint density at radius 2 is 1.68 bits per heavy atom. The normalized spacial score (nSPS) is 14.5. The number of aromatic nitrogens is 3. The third kappa shape index (κ3) is 4.52. The van der Waals surface area contributed by atoms with Crippen molar-refractivity contribution in [2.75, 3.05) is 23.3 Å². The summed E-state index contributed by atoms with van der Waals surface area (Å²) in [6.45, 7) is 1.90. The molecule has 1 fully saturated rings. The number of carbonyl (C=O) groups excluding carboxylic acids is 1. The average Bonchev–Trinajstić information content (AvgIpc) is 3.21. The molecule has 0 saturated carbocycles. The van der Waals surface area contributed by atoms with Gasteiger partial charge in [-0.25, -0.2) is 9.07 Å². The second-order valence-corrected chi connectivity index (χ2v) is 7.22. The van der Waals surface area contributed by atoms with E-state index in [9.17, 15) is 22.4 Å². The van der Waals surface area contributed by atoms with Gasteiger partial charge in [-0.2, -0.15) is 13.2 Å². The van der Waals surface area contributed by atoms with Crippen LogP contribution in [0.15, 0.2) is 48.5 Å². The minimum absolute atomic E-state index is 0.190. The third-order valence-electron chi connectivity index (χ3n) is 5.05. The molecule has 0 radical (unpaired) electrons. The highest BCUT2D eigenvalue weighted by atomic mass is 19.4. The molecular weight excluding hydrogens is 414 g/mol. The molecule has 0 atom stereocenters. The Kier molecular flexibility index (Phi) is 5.62. The highest BCUT2D eigenvalue weighted by Crippen LogP contribution is 2.33. The lowest BCUT2D eigenvalue weighted by atomic mass is 10.1. The van der Waals surface area contributed by atoms with Crippen molar-refractivity contribution in [1.82, 2.24) is 15.0 Å². The second-order valence-electron chi connectivity index (χ2n) is 7.22. The summed E-state index contributed by atoms with van der Waals surface area (Å²) in [7, 11) is 0. The van der Waals surface area contributed by atoms with Crippen LogP contribution in [0.2, 0.25) is 0 Å². The number of benzene rings is 2. The summed E-state index contributed by atoms with van der Waals surface area (Å²) < 4.78 is 55.0. The first-order valence-electron chi connectivity index (χ1n) is 9.78. The van der Waals surface area contributed by atoms with E-state index in [1.54, 1.807) is 12.1 Å². The van der Waals surface area contributed by atoms with Gasteiger partial charge in [0.2, 0.25) is 0 Å². The molecule has 2 heterocycles. The van der Waals surface area contributed by atoms with Crippen LogP contribution in [-0.4, -0.2) is 34.0 Å². The zero-order valence-electron chi connectivity index (χ0n) is 16.4. The monoisotopic (exact) mass is 433 g/mol. The summed E-state index contributed by atoms with van der Waals surface area (Å²) in [5, 5.41) is 9.30. The van der Waals surface area contributed by atoms with Crippen molar-refractivity contribution in [2.24, 2.45) is 0 Å². The molecule has 1 aromatic heterocycles. The van der Waals surface area contributed by atoms with Gasteiger partial charge in [-0.15, -0.1) is 5.10 Å². The average molecular weight is 433 g/mol. The molecular formula is C21H19F4N5O. The van der Waals surface area contributed by atoms with Crippen LogP contribution in [0.1, 0.15) is 35.4 Å². The fourth-order valence-electron chi connectivity index (χ4n) is 3.58. The third-order valence-corrected chi connectivity index (χ3v) is 5.05. The van der Waals surface area contributed by atoms with Gasteiger partial charge in [-0.3, -0.25) is 4.79 Å². The summed E-state index contributed by atoms with van der Waals surface area (Å²) in [6.07, 6.45) is -1.51. The summed E-state index contributed by atoms with van der Waals surface area (Å²) in [5.41, 5.74) is -1.13. The van der Waals surface area contributed by atoms with Crippen LogP contribution < -0.4 is 10.2 Å². The number of amides is 1. The van der Waals surface area contributed by atoms with Crippen LogP contribution in [0, 0.1) is 5.82 Å². The number of carbonyl (C=O) groups is 1. The molecule has 0 unspecified atom stereocenters. The van der Waals surface area contributed by atoms with Crippen molar-refractivity contribution in [3.63, 3.8) is 0 Å². The maximum atomic E-state index is 13.7. The topological polar surface area (TPSA) is 63.1 Å². The SMILES string of the molecule is O=C(Nc1ccc(N2CCCCC2)cc1)c1nnn(-c2cccc(F)c2)c1C(F)(F)F. The molecule has 1 aliphatic rings. The van der Waals surface area contributed by atoms with Crippen molar-refractivity contribution in [3.8, 4) is 5.69 Å². The first kappa shape index (κ1) is 20.8. The second kappa shape index (κ2) is 8.37. The van der Waals surface area contributed by atoms with Crippen LogP contribution in [-0.2, 0) is 6.18 Å². The minimum Gasteiger partial charge on any atom is -0.372 e. The number of hydrogen-bond donors (Lipinski definition) is 1. The molecule has 6 nitrogen and oxygen atoms in total. The molecule has 1 amide bonds. The Bertz CT molecular complexity index is 1070.